The molecule has 9 heteroatoms. The van der Waals surface area contributed by atoms with Crippen molar-refractivity contribution in [3.8, 4) is 23.0 Å². The maximum Gasteiger partial charge on any atom is 0.315 e. The Morgan fingerprint density at radius 3 is 2.29 bits per heavy atom. The first kappa shape index (κ1) is 29.2. The first-order chi connectivity index (χ1) is 19.7. The number of allylic oxidation sites excluding steroid dienone is 2. The molecule has 1 N–H and O–H groups in total. The van der Waals surface area contributed by atoms with E-state index in [-0.39, 0.29) is 41.7 Å². The molecule has 41 heavy (non-hydrogen) atoms. The van der Waals surface area contributed by atoms with Gasteiger partial charge in [0.15, 0.2) is 28.8 Å². The maximum atomic E-state index is 14.0. The number of ether oxygens (including phenoxy) is 4. The summed E-state index contributed by atoms with van der Waals surface area (Å²) < 4.78 is 22.8. The number of nitrogens with zero attached hydrogens (tertiary/aromatic N) is 1. The van der Waals surface area contributed by atoms with Crippen LogP contribution in [0.2, 0.25) is 0 Å². The van der Waals surface area contributed by atoms with Crippen molar-refractivity contribution in [1.29, 1.82) is 0 Å². The van der Waals surface area contributed by atoms with E-state index >= 15 is 0 Å². The molecular formula is C32H36BrNO7. The van der Waals surface area contributed by atoms with Crippen LogP contribution in [0.5, 0.6) is 23.0 Å². The van der Waals surface area contributed by atoms with Crippen LogP contribution < -0.4 is 14.2 Å². The number of esters is 1. The van der Waals surface area contributed by atoms with Gasteiger partial charge in [-0.3, -0.25) is 14.6 Å². The number of ketones is 1. The highest BCUT2D eigenvalue weighted by Gasteiger charge is 2.45. The first-order valence-corrected chi connectivity index (χ1v) is 14.8. The van der Waals surface area contributed by atoms with Gasteiger partial charge < -0.3 is 24.1 Å². The summed E-state index contributed by atoms with van der Waals surface area (Å²) in [7, 11) is 4.65. The van der Waals surface area contributed by atoms with E-state index < -0.39 is 11.8 Å². The summed E-state index contributed by atoms with van der Waals surface area (Å²) in [5, 5.41) is 10.5. The third kappa shape index (κ3) is 5.73. The number of hydrogen-bond acceptors (Lipinski definition) is 8. The summed E-state index contributed by atoms with van der Waals surface area (Å²) in [6.45, 7) is 1.83. The van der Waals surface area contributed by atoms with E-state index in [1.165, 1.54) is 7.11 Å². The van der Waals surface area contributed by atoms with E-state index in [0.717, 1.165) is 37.7 Å². The number of benzene rings is 2. The van der Waals surface area contributed by atoms with Gasteiger partial charge in [-0.15, -0.1) is 0 Å². The predicted molar refractivity (Wildman–Crippen MR) is 158 cm³/mol. The van der Waals surface area contributed by atoms with Gasteiger partial charge in [0.05, 0.1) is 25.8 Å². The Bertz CT molecular complexity index is 1410. The summed E-state index contributed by atoms with van der Waals surface area (Å²) in [6, 6.07) is 9.15. The summed E-state index contributed by atoms with van der Waals surface area (Å²) in [5.41, 5.74) is 3.45. The van der Waals surface area contributed by atoms with E-state index in [1.54, 1.807) is 26.4 Å². The molecule has 2 aromatic rings. The van der Waals surface area contributed by atoms with Crippen LogP contribution in [0, 0.1) is 5.92 Å². The molecule has 3 atom stereocenters. The van der Waals surface area contributed by atoms with Gasteiger partial charge >= 0.3 is 5.97 Å². The molecule has 0 spiro atoms. The van der Waals surface area contributed by atoms with E-state index in [0.29, 0.717) is 44.9 Å². The molecule has 0 saturated heterocycles. The van der Waals surface area contributed by atoms with E-state index in [9.17, 15) is 14.7 Å². The number of Topliss-reactive ketones (excluding diaryl/α,β-unsaturated/α-hetero) is 1. The minimum absolute atomic E-state index is 0.0449. The molecule has 0 bridgehead atoms. The average Bonchev–Trinajstić information content (AvgIpc) is 2.97. The van der Waals surface area contributed by atoms with E-state index in [2.05, 4.69) is 15.9 Å². The number of aromatic hydroxyl groups is 1. The van der Waals surface area contributed by atoms with Gasteiger partial charge in [-0.1, -0.05) is 12.5 Å². The van der Waals surface area contributed by atoms with Crippen molar-refractivity contribution in [1.82, 2.24) is 0 Å². The van der Waals surface area contributed by atoms with Crippen LogP contribution >= 0.6 is 15.9 Å². The van der Waals surface area contributed by atoms with Crippen LogP contribution in [-0.2, 0) is 14.3 Å². The van der Waals surface area contributed by atoms with Gasteiger partial charge in [-0.2, -0.15) is 0 Å². The van der Waals surface area contributed by atoms with Crippen LogP contribution in [-0.4, -0.2) is 50.0 Å². The molecule has 0 amide bonds. The van der Waals surface area contributed by atoms with Crippen LogP contribution in [0.1, 0.15) is 74.8 Å². The van der Waals surface area contributed by atoms with Gasteiger partial charge in [-0.05, 0) is 96.3 Å². The van der Waals surface area contributed by atoms with Gasteiger partial charge in [0.25, 0.3) is 0 Å². The Balaban J connectivity index is 1.57. The molecule has 1 fully saturated rings. The highest BCUT2D eigenvalue weighted by atomic mass is 79.9. The number of hydrogen-bond donors (Lipinski definition) is 1. The topological polar surface area (TPSA) is 104 Å². The Hall–Kier alpha value is -3.33. The second-order valence-corrected chi connectivity index (χ2v) is 11.8. The first-order valence-electron chi connectivity index (χ1n) is 14.1. The smallest absolute Gasteiger partial charge is 0.315 e. The van der Waals surface area contributed by atoms with Gasteiger partial charge in [-0.25, -0.2) is 0 Å². The number of halogens is 1. The van der Waals surface area contributed by atoms with Crippen molar-refractivity contribution in [2.75, 3.05) is 21.3 Å². The number of rotatable bonds is 7. The molecule has 0 aromatic heterocycles. The predicted octanol–water partition coefficient (Wildman–Crippen LogP) is 6.63. The van der Waals surface area contributed by atoms with Gasteiger partial charge in [0.2, 0.25) is 0 Å². The van der Waals surface area contributed by atoms with Gasteiger partial charge in [0, 0.05) is 29.3 Å². The minimum Gasteiger partial charge on any atom is -0.503 e. The molecule has 1 saturated carbocycles. The lowest BCUT2D eigenvalue weighted by atomic mass is 9.69. The monoisotopic (exact) mass is 625 g/mol. The SMILES string of the molecule is COc1ccc([C@@H]2CC(=O)C3=C(C2)N=C(C)C(C(=O)OC2CCCCC2)[C@H]3c2cc(Br)c(O)c(OC)c2)cc1OC. The van der Waals surface area contributed by atoms with Gasteiger partial charge in [0.1, 0.15) is 12.0 Å². The summed E-state index contributed by atoms with van der Waals surface area (Å²) >= 11 is 3.43. The summed E-state index contributed by atoms with van der Waals surface area (Å²) in [5.74, 6) is -0.495. The van der Waals surface area contributed by atoms with E-state index in [4.69, 9.17) is 23.9 Å². The molecule has 218 valence electrons. The second kappa shape index (κ2) is 12.3. The summed E-state index contributed by atoms with van der Waals surface area (Å²) in [4.78, 5) is 32.7. The fourth-order valence-electron chi connectivity index (χ4n) is 6.42. The third-order valence-electron chi connectivity index (χ3n) is 8.49. The zero-order valence-corrected chi connectivity index (χ0v) is 25.5. The van der Waals surface area contributed by atoms with Crippen molar-refractivity contribution in [3.63, 3.8) is 0 Å². The number of methoxy groups -OCH3 is 3. The average molecular weight is 627 g/mol. The van der Waals surface area contributed by atoms with Crippen LogP contribution in [0.3, 0.4) is 0 Å². The number of carbonyl (C=O) groups excluding carboxylic acids is 2. The lowest BCUT2D eigenvalue weighted by Crippen LogP contribution is -2.39. The lowest BCUT2D eigenvalue weighted by Gasteiger charge is -2.37. The molecular weight excluding hydrogens is 590 g/mol. The van der Waals surface area contributed by atoms with Crippen LogP contribution in [0.4, 0.5) is 0 Å². The molecule has 1 aliphatic heterocycles. The van der Waals surface area contributed by atoms with Crippen LogP contribution in [0.25, 0.3) is 0 Å². The Labute approximate surface area is 248 Å². The normalized spacial score (nSPS) is 23.0. The highest BCUT2D eigenvalue weighted by Crippen LogP contribution is 2.49. The lowest BCUT2D eigenvalue weighted by molar-refractivity contribution is -0.153. The van der Waals surface area contributed by atoms with Crippen molar-refractivity contribution in [3.05, 3.63) is 57.2 Å². The highest BCUT2D eigenvalue weighted by molar-refractivity contribution is 9.10. The molecule has 8 nitrogen and oxygen atoms in total. The summed E-state index contributed by atoms with van der Waals surface area (Å²) in [6.07, 6.45) is 5.58. The Morgan fingerprint density at radius 2 is 1.61 bits per heavy atom. The molecule has 1 unspecified atom stereocenters. The van der Waals surface area contributed by atoms with E-state index in [1.807, 2.05) is 25.1 Å². The quantitative estimate of drug-likeness (QED) is 0.344. The number of aliphatic imine (C=N–C) groups is 1. The maximum absolute atomic E-state index is 14.0. The van der Waals surface area contributed by atoms with Crippen LogP contribution in [0.15, 0.2) is 51.1 Å². The molecule has 0 radical (unpaired) electrons. The Kier molecular flexibility index (Phi) is 8.73. The molecule has 2 aliphatic carbocycles. The fraction of sp³-hybridized carbons (Fsp3) is 0.469. The second-order valence-electron chi connectivity index (χ2n) is 11.0. The Morgan fingerprint density at radius 1 is 0.927 bits per heavy atom. The zero-order valence-electron chi connectivity index (χ0n) is 23.9. The van der Waals surface area contributed by atoms with Crippen molar-refractivity contribution in [2.24, 2.45) is 10.9 Å². The minimum atomic E-state index is -0.765. The number of phenolic OH excluding ortho intramolecular Hbond substituents is 1. The standard InChI is InChI=1S/C32H36BrNO7/c1-17-28(32(37)41-21-8-6-5-7-9-21)29(20-12-22(33)31(36)27(16-20)40-4)30-23(34-17)13-19(14-24(30)35)18-10-11-25(38-2)26(15-18)39-3/h10-12,15-16,19,21,28-29,36H,5-9,13-14H2,1-4H3/t19-,28?,29+/m0/s1. The molecule has 5 rings (SSSR count). The van der Waals surface area contributed by atoms with Crippen molar-refractivity contribution in [2.45, 2.75) is 69.8 Å². The van der Waals surface area contributed by atoms with Crippen molar-refractivity contribution >= 4 is 33.4 Å². The molecule has 3 aliphatic rings. The molecule has 1 heterocycles. The zero-order chi connectivity index (χ0) is 29.3. The third-order valence-corrected chi connectivity index (χ3v) is 9.09. The molecule has 2 aromatic carbocycles. The number of carbonyl (C=O) groups is 2. The fourth-order valence-corrected chi connectivity index (χ4v) is 6.88. The van der Waals surface area contributed by atoms with Crippen molar-refractivity contribution < 1.29 is 33.6 Å². The largest absolute Gasteiger partial charge is 0.503 e. The number of phenols is 1.